The molecular weight excluding hydrogens is 340 g/mol. The first-order valence-electron chi connectivity index (χ1n) is 10.3. The lowest BCUT2D eigenvalue weighted by atomic mass is 9.86. The lowest BCUT2D eigenvalue weighted by Gasteiger charge is -2.36. The zero-order valence-electron chi connectivity index (χ0n) is 16.8. The molecule has 1 aliphatic heterocycles. The van der Waals surface area contributed by atoms with Crippen molar-refractivity contribution >= 4 is 11.8 Å². The highest BCUT2D eigenvalue weighted by atomic mass is 16.5. The van der Waals surface area contributed by atoms with Gasteiger partial charge in [0.05, 0.1) is 13.2 Å². The largest absolute Gasteiger partial charge is 0.494 e. The van der Waals surface area contributed by atoms with Crippen LogP contribution in [0, 0.1) is 5.92 Å². The van der Waals surface area contributed by atoms with Crippen LogP contribution in [0.15, 0.2) is 24.3 Å². The molecule has 1 aliphatic carbocycles. The summed E-state index contributed by atoms with van der Waals surface area (Å²) in [5.41, 5.74) is 0.152. The van der Waals surface area contributed by atoms with E-state index in [1.54, 1.807) is 4.90 Å². The van der Waals surface area contributed by atoms with Crippen molar-refractivity contribution in [3.63, 3.8) is 0 Å². The molecule has 1 aromatic rings. The predicted octanol–water partition coefficient (Wildman–Crippen LogP) is 3.66. The second-order valence-corrected chi connectivity index (χ2v) is 8.22. The van der Waals surface area contributed by atoms with Crippen LogP contribution in [0.25, 0.3) is 0 Å². The first kappa shape index (κ1) is 19.7. The minimum atomic E-state index is -0.792. The maximum atomic E-state index is 13.1. The molecule has 2 aliphatic rings. The van der Waals surface area contributed by atoms with Crippen molar-refractivity contribution in [2.24, 2.45) is 5.92 Å². The molecule has 2 fully saturated rings. The number of para-hydroxylation sites is 1. The minimum Gasteiger partial charge on any atom is -0.494 e. The van der Waals surface area contributed by atoms with Crippen LogP contribution in [-0.4, -0.2) is 34.9 Å². The Balaban J connectivity index is 1.73. The zero-order valence-corrected chi connectivity index (χ0v) is 16.8. The molecule has 0 aromatic heterocycles. The third-order valence-corrected chi connectivity index (χ3v) is 6.16. The van der Waals surface area contributed by atoms with Crippen LogP contribution < -0.4 is 10.1 Å². The summed E-state index contributed by atoms with van der Waals surface area (Å²) < 4.78 is 5.70. The number of nitrogens with one attached hydrogen (secondary N) is 1. The van der Waals surface area contributed by atoms with E-state index in [1.165, 1.54) is 0 Å². The highest BCUT2D eigenvalue weighted by molar-refractivity contribution is 5.94. The Morgan fingerprint density at radius 2 is 1.96 bits per heavy atom. The molecule has 0 spiro atoms. The van der Waals surface area contributed by atoms with Gasteiger partial charge in [0.1, 0.15) is 11.3 Å². The number of hydrogen-bond acceptors (Lipinski definition) is 3. The van der Waals surface area contributed by atoms with Crippen molar-refractivity contribution in [3.05, 3.63) is 29.8 Å². The Morgan fingerprint density at radius 1 is 1.26 bits per heavy atom. The number of rotatable bonds is 6. The topological polar surface area (TPSA) is 58.6 Å². The lowest BCUT2D eigenvalue weighted by molar-refractivity contribution is -0.141. The highest BCUT2D eigenvalue weighted by Gasteiger charge is 2.47. The number of likely N-dealkylation sites (tertiary alicyclic amines) is 1. The summed E-state index contributed by atoms with van der Waals surface area (Å²) in [6.45, 7) is 7.10. The highest BCUT2D eigenvalue weighted by Crippen LogP contribution is 2.34. The summed E-state index contributed by atoms with van der Waals surface area (Å²) in [5.74, 6) is 1.55. The van der Waals surface area contributed by atoms with Crippen molar-refractivity contribution in [1.29, 1.82) is 0 Å². The maximum absolute atomic E-state index is 13.1. The summed E-state index contributed by atoms with van der Waals surface area (Å²) >= 11 is 0. The van der Waals surface area contributed by atoms with E-state index in [0.717, 1.165) is 42.9 Å². The lowest BCUT2D eigenvalue weighted by Crippen LogP contribution is -2.56. The Bertz CT molecular complexity index is 682. The molecular formula is C22H32N2O3. The van der Waals surface area contributed by atoms with E-state index in [1.807, 2.05) is 38.1 Å². The molecule has 1 heterocycles. The molecule has 1 N–H and O–H groups in total. The predicted molar refractivity (Wildman–Crippen MR) is 105 cm³/mol. The number of carbonyl (C=O) groups is 2. The van der Waals surface area contributed by atoms with Crippen LogP contribution in [-0.2, 0) is 16.1 Å². The summed E-state index contributed by atoms with van der Waals surface area (Å²) in [5, 5.41) is 3.23. The number of amides is 2. The van der Waals surface area contributed by atoms with E-state index in [4.69, 9.17) is 4.74 Å². The smallest absolute Gasteiger partial charge is 0.245 e. The van der Waals surface area contributed by atoms with Gasteiger partial charge in [-0.2, -0.15) is 0 Å². The Morgan fingerprint density at radius 3 is 2.67 bits per heavy atom. The molecule has 148 valence electrons. The van der Waals surface area contributed by atoms with Crippen LogP contribution >= 0.6 is 0 Å². The maximum Gasteiger partial charge on any atom is 0.245 e. The molecule has 0 radical (unpaired) electrons. The van der Waals surface area contributed by atoms with Gasteiger partial charge in [-0.3, -0.25) is 9.59 Å². The van der Waals surface area contributed by atoms with Crippen molar-refractivity contribution in [3.8, 4) is 5.75 Å². The van der Waals surface area contributed by atoms with Crippen LogP contribution in [0.5, 0.6) is 5.75 Å². The van der Waals surface area contributed by atoms with E-state index < -0.39 is 5.54 Å². The van der Waals surface area contributed by atoms with Gasteiger partial charge in [0.2, 0.25) is 11.8 Å². The fraction of sp³-hybridized carbons (Fsp3) is 0.636. The van der Waals surface area contributed by atoms with Crippen LogP contribution in [0.4, 0.5) is 0 Å². The van der Waals surface area contributed by atoms with Gasteiger partial charge in [-0.1, -0.05) is 25.1 Å². The van der Waals surface area contributed by atoms with E-state index in [9.17, 15) is 9.59 Å². The van der Waals surface area contributed by atoms with Gasteiger partial charge in [-0.05, 0) is 57.9 Å². The van der Waals surface area contributed by atoms with Crippen LogP contribution in [0.2, 0.25) is 0 Å². The Hall–Kier alpha value is -2.04. The number of hydrogen-bond donors (Lipinski definition) is 1. The molecule has 1 saturated heterocycles. The number of nitrogens with zero attached hydrogens (tertiary/aromatic N) is 1. The van der Waals surface area contributed by atoms with E-state index in [2.05, 4.69) is 12.2 Å². The third kappa shape index (κ3) is 4.28. The molecule has 5 nitrogen and oxygen atoms in total. The first-order chi connectivity index (χ1) is 12.9. The Kier molecular flexibility index (Phi) is 6.08. The SMILES string of the molecule is CCOc1ccccc1CN1C(=O)CCC1(C)C(=O)NC1CCC(C)CC1. The van der Waals surface area contributed by atoms with E-state index >= 15 is 0 Å². The van der Waals surface area contributed by atoms with Gasteiger partial charge >= 0.3 is 0 Å². The van der Waals surface area contributed by atoms with Crippen molar-refractivity contribution in [2.45, 2.75) is 77.4 Å². The van der Waals surface area contributed by atoms with Crippen LogP contribution in [0.1, 0.15) is 64.9 Å². The molecule has 1 saturated carbocycles. The van der Waals surface area contributed by atoms with Gasteiger partial charge in [0, 0.05) is 18.0 Å². The molecule has 3 rings (SSSR count). The number of carbonyl (C=O) groups excluding carboxylic acids is 2. The zero-order chi connectivity index (χ0) is 19.4. The second kappa shape index (κ2) is 8.32. The third-order valence-electron chi connectivity index (χ3n) is 6.16. The monoisotopic (exact) mass is 372 g/mol. The fourth-order valence-corrected chi connectivity index (χ4v) is 4.24. The molecule has 1 unspecified atom stereocenters. The summed E-state index contributed by atoms with van der Waals surface area (Å²) in [4.78, 5) is 27.5. The summed E-state index contributed by atoms with van der Waals surface area (Å²) in [6, 6.07) is 7.99. The van der Waals surface area contributed by atoms with Gasteiger partial charge in [-0.15, -0.1) is 0 Å². The molecule has 1 atom stereocenters. The van der Waals surface area contributed by atoms with E-state index in [0.29, 0.717) is 26.0 Å². The molecule has 27 heavy (non-hydrogen) atoms. The first-order valence-corrected chi connectivity index (χ1v) is 10.3. The van der Waals surface area contributed by atoms with Gasteiger partial charge in [0.15, 0.2) is 0 Å². The molecule has 0 bridgehead atoms. The molecule has 1 aromatic carbocycles. The van der Waals surface area contributed by atoms with Crippen molar-refractivity contribution < 1.29 is 14.3 Å². The van der Waals surface area contributed by atoms with Gasteiger partial charge in [-0.25, -0.2) is 0 Å². The van der Waals surface area contributed by atoms with Crippen molar-refractivity contribution in [1.82, 2.24) is 10.2 Å². The standard InChI is InChI=1S/C22H32N2O3/c1-4-27-19-8-6-5-7-17(19)15-24-20(25)13-14-22(24,3)21(26)23-18-11-9-16(2)10-12-18/h5-8,16,18H,4,9-15H2,1-3H3,(H,23,26). The number of benzene rings is 1. The van der Waals surface area contributed by atoms with Gasteiger partial charge in [0.25, 0.3) is 0 Å². The van der Waals surface area contributed by atoms with Gasteiger partial charge < -0.3 is 15.0 Å². The average Bonchev–Trinajstić information content (AvgIpc) is 2.95. The quantitative estimate of drug-likeness (QED) is 0.829. The van der Waals surface area contributed by atoms with Crippen LogP contribution in [0.3, 0.4) is 0 Å². The average molecular weight is 373 g/mol. The van der Waals surface area contributed by atoms with Crippen molar-refractivity contribution in [2.75, 3.05) is 6.61 Å². The normalized spacial score (nSPS) is 28.3. The molecule has 2 amide bonds. The second-order valence-electron chi connectivity index (χ2n) is 8.22. The minimum absolute atomic E-state index is 0.0122. The van der Waals surface area contributed by atoms with E-state index in [-0.39, 0.29) is 17.9 Å². The summed E-state index contributed by atoms with van der Waals surface area (Å²) in [7, 11) is 0. The number of ether oxygens (including phenoxy) is 1. The Labute approximate surface area is 162 Å². The summed E-state index contributed by atoms with van der Waals surface area (Å²) in [6.07, 6.45) is 5.37. The molecule has 5 heteroatoms. The fourth-order valence-electron chi connectivity index (χ4n) is 4.24.